The van der Waals surface area contributed by atoms with Gasteiger partial charge in [-0.1, -0.05) is 6.07 Å². The highest BCUT2D eigenvalue weighted by Gasteiger charge is 2.40. The van der Waals surface area contributed by atoms with Crippen LogP contribution in [-0.4, -0.2) is 41.8 Å². The molecule has 29 heavy (non-hydrogen) atoms. The van der Waals surface area contributed by atoms with Gasteiger partial charge < -0.3 is 10.1 Å². The Morgan fingerprint density at radius 3 is 2.59 bits per heavy atom. The van der Waals surface area contributed by atoms with E-state index in [4.69, 9.17) is 0 Å². The van der Waals surface area contributed by atoms with Crippen LogP contribution in [0.3, 0.4) is 0 Å². The van der Waals surface area contributed by atoms with Gasteiger partial charge in [-0.2, -0.15) is 0 Å². The Balaban J connectivity index is 1.60. The Bertz CT molecular complexity index is 964. The maximum Gasteiger partial charge on any atom is 0.337 e. The number of halogens is 1. The molecule has 3 amide bonds. The first kappa shape index (κ1) is 20.5. The van der Waals surface area contributed by atoms with Crippen LogP contribution in [0.5, 0.6) is 0 Å². The molecule has 1 unspecified atom stereocenters. The number of carbonyl (C=O) groups excluding carboxylic acids is 4. The molecule has 1 N–H and O–H groups in total. The Labute approximate surface area is 170 Å². The predicted molar refractivity (Wildman–Crippen MR) is 106 cm³/mol. The van der Waals surface area contributed by atoms with Crippen molar-refractivity contribution in [1.82, 2.24) is 0 Å². The molecule has 1 fully saturated rings. The number of methoxy groups -OCH3 is 1. The molecule has 0 aromatic heterocycles. The van der Waals surface area contributed by atoms with Crippen LogP contribution in [0.4, 0.5) is 15.8 Å². The standard InChI is InChI=1S/C20H17FN2O5S/c1-28-20(27)12-5-7-15(8-6-12)23-18(25)10-16(19(23)26)29-11-17(24)22-14-4-2-3-13(21)9-14/h2-9,16H,10-11H2,1H3,(H,22,24). The summed E-state index contributed by atoms with van der Waals surface area (Å²) in [5.74, 6) is -2.26. The van der Waals surface area contributed by atoms with Crippen molar-refractivity contribution < 1.29 is 28.3 Å². The number of carbonyl (C=O) groups is 4. The summed E-state index contributed by atoms with van der Waals surface area (Å²) in [5.41, 5.74) is 0.965. The van der Waals surface area contributed by atoms with Gasteiger partial charge in [0.15, 0.2) is 0 Å². The topological polar surface area (TPSA) is 92.8 Å². The van der Waals surface area contributed by atoms with Gasteiger partial charge in [-0.15, -0.1) is 11.8 Å². The van der Waals surface area contributed by atoms with E-state index in [0.717, 1.165) is 16.7 Å². The highest BCUT2D eigenvalue weighted by molar-refractivity contribution is 8.01. The zero-order chi connectivity index (χ0) is 21.0. The number of anilines is 2. The van der Waals surface area contributed by atoms with Gasteiger partial charge in [-0.05, 0) is 42.5 Å². The number of rotatable bonds is 6. The summed E-state index contributed by atoms with van der Waals surface area (Å²) in [4.78, 5) is 49.5. The Morgan fingerprint density at radius 2 is 1.93 bits per heavy atom. The number of hydrogen-bond donors (Lipinski definition) is 1. The van der Waals surface area contributed by atoms with Crippen LogP contribution in [0.25, 0.3) is 0 Å². The minimum atomic E-state index is -0.693. The fourth-order valence-corrected chi connectivity index (χ4v) is 3.74. The number of hydrogen-bond acceptors (Lipinski definition) is 6. The number of amides is 3. The van der Waals surface area contributed by atoms with E-state index in [2.05, 4.69) is 10.1 Å². The van der Waals surface area contributed by atoms with Crippen molar-refractivity contribution >= 4 is 46.8 Å². The SMILES string of the molecule is COC(=O)c1ccc(N2C(=O)CC(SCC(=O)Nc3cccc(F)c3)C2=O)cc1. The van der Waals surface area contributed by atoms with Crippen molar-refractivity contribution in [3.05, 3.63) is 59.9 Å². The van der Waals surface area contributed by atoms with Crippen molar-refractivity contribution in [3.63, 3.8) is 0 Å². The maximum atomic E-state index is 13.2. The summed E-state index contributed by atoms with van der Waals surface area (Å²) in [7, 11) is 1.26. The van der Waals surface area contributed by atoms with E-state index in [1.807, 2.05) is 0 Å². The number of ether oxygens (including phenoxy) is 1. The minimum absolute atomic E-state index is 0.0322. The molecule has 1 aliphatic heterocycles. The largest absolute Gasteiger partial charge is 0.465 e. The Hall–Kier alpha value is -3.20. The lowest BCUT2D eigenvalue weighted by atomic mass is 10.2. The van der Waals surface area contributed by atoms with Crippen LogP contribution >= 0.6 is 11.8 Å². The average Bonchev–Trinajstić information content (AvgIpc) is 2.99. The molecular weight excluding hydrogens is 399 g/mol. The smallest absolute Gasteiger partial charge is 0.337 e. The molecule has 3 rings (SSSR count). The van der Waals surface area contributed by atoms with Gasteiger partial charge in [0, 0.05) is 12.1 Å². The molecule has 150 valence electrons. The van der Waals surface area contributed by atoms with E-state index in [9.17, 15) is 23.6 Å². The summed E-state index contributed by atoms with van der Waals surface area (Å²) in [6.07, 6.45) is -0.0322. The lowest BCUT2D eigenvalue weighted by molar-refractivity contribution is -0.121. The number of thioether (sulfide) groups is 1. The third-order valence-corrected chi connectivity index (χ3v) is 5.38. The molecule has 0 aliphatic carbocycles. The molecule has 7 nitrogen and oxygen atoms in total. The summed E-state index contributed by atoms with van der Waals surface area (Å²) >= 11 is 1.05. The second-order valence-corrected chi connectivity index (χ2v) is 7.36. The lowest BCUT2D eigenvalue weighted by Crippen LogP contribution is -2.31. The molecule has 1 heterocycles. The zero-order valence-electron chi connectivity index (χ0n) is 15.4. The number of nitrogens with zero attached hydrogens (tertiary/aromatic N) is 1. The van der Waals surface area contributed by atoms with Gasteiger partial charge in [0.2, 0.25) is 17.7 Å². The van der Waals surface area contributed by atoms with E-state index in [1.165, 1.54) is 49.6 Å². The highest BCUT2D eigenvalue weighted by Crippen LogP contribution is 2.30. The summed E-state index contributed by atoms with van der Waals surface area (Å²) in [5, 5.41) is 1.85. The van der Waals surface area contributed by atoms with Crippen LogP contribution in [0, 0.1) is 5.82 Å². The highest BCUT2D eigenvalue weighted by atomic mass is 32.2. The molecule has 9 heteroatoms. The van der Waals surface area contributed by atoms with Crippen LogP contribution < -0.4 is 10.2 Å². The van der Waals surface area contributed by atoms with Gasteiger partial charge in [0.25, 0.3) is 0 Å². The van der Waals surface area contributed by atoms with E-state index < -0.39 is 28.9 Å². The molecule has 0 saturated carbocycles. The molecule has 1 atom stereocenters. The van der Waals surface area contributed by atoms with Crippen LogP contribution in [0.15, 0.2) is 48.5 Å². The molecule has 0 radical (unpaired) electrons. The third kappa shape index (κ3) is 4.80. The Morgan fingerprint density at radius 1 is 1.21 bits per heavy atom. The van der Waals surface area contributed by atoms with Gasteiger partial charge in [0.1, 0.15) is 5.82 Å². The first-order valence-corrected chi connectivity index (χ1v) is 9.66. The number of imide groups is 1. The number of nitrogens with one attached hydrogen (secondary N) is 1. The van der Waals surface area contributed by atoms with E-state index in [-0.39, 0.29) is 18.1 Å². The zero-order valence-corrected chi connectivity index (χ0v) is 16.2. The second-order valence-electron chi connectivity index (χ2n) is 6.17. The van der Waals surface area contributed by atoms with E-state index in [0.29, 0.717) is 16.9 Å². The summed E-state index contributed by atoms with van der Waals surface area (Å²) in [6.45, 7) is 0. The van der Waals surface area contributed by atoms with Gasteiger partial charge >= 0.3 is 5.97 Å². The third-order valence-electron chi connectivity index (χ3n) is 4.18. The lowest BCUT2D eigenvalue weighted by Gasteiger charge is -2.15. The minimum Gasteiger partial charge on any atom is -0.465 e. The van der Waals surface area contributed by atoms with Crippen LogP contribution in [0.1, 0.15) is 16.8 Å². The predicted octanol–water partition coefficient (Wildman–Crippen LogP) is 2.62. The Kier molecular flexibility index (Phi) is 6.28. The molecule has 2 aromatic carbocycles. The first-order chi connectivity index (χ1) is 13.9. The number of benzene rings is 2. The van der Waals surface area contributed by atoms with Crippen molar-refractivity contribution in [2.24, 2.45) is 0 Å². The van der Waals surface area contributed by atoms with Gasteiger partial charge in [-0.25, -0.2) is 14.1 Å². The molecular formula is C20H17FN2O5S. The van der Waals surface area contributed by atoms with Gasteiger partial charge in [-0.3, -0.25) is 14.4 Å². The van der Waals surface area contributed by atoms with Crippen LogP contribution in [-0.2, 0) is 19.1 Å². The van der Waals surface area contributed by atoms with Crippen molar-refractivity contribution in [1.29, 1.82) is 0 Å². The first-order valence-electron chi connectivity index (χ1n) is 8.61. The maximum absolute atomic E-state index is 13.2. The summed E-state index contributed by atoms with van der Waals surface area (Å²) < 4.78 is 17.8. The molecule has 1 saturated heterocycles. The monoisotopic (exact) mass is 416 g/mol. The fraction of sp³-hybridized carbons (Fsp3) is 0.200. The fourth-order valence-electron chi connectivity index (χ4n) is 2.81. The van der Waals surface area contributed by atoms with E-state index in [1.54, 1.807) is 6.07 Å². The number of esters is 1. The molecule has 2 aromatic rings. The average molecular weight is 416 g/mol. The van der Waals surface area contributed by atoms with Gasteiger partial charge in [0.05, 0.1) is 29.4 Å². The van der Waals surface area contributed by atoms with E-state index >= 15 is 0 Å². The molecule has 0 bridgehead atoms. The van der Waals surface area contributed by atoms with Crippen molar-refractivity contribution in [2.75, 3.05) is 23.1 Å². The molecule has 1 aliphatic rings. The van der Waals surface area contributed by atoms with Crippen LogP contribution in [0.2, 0.25) is 0 Å². The second kappa shape index (κ2) is 8.87. The van der Waals surface area contributed by atoms with Crippen molar-refractivity contribution in [2.45, 2.75) is 11.7 Å². The van der Waals surface area contributed by atoms with Crippen molar-refractivity contribution in [3.8, 4) is 0 Å². The molecule has 0 spiro atoms. The normalized spacial score (nSPS) is 16.1. The summed E-state index contributed by atoms with van der Waals surface area (Å²) in [6, 6.07) is 11.4. The quantitative estimate of drug-likeness (QED) is 0.575.